The van der Waals surface area contributed by atoms with E-state index in [4.69, 9.17) is 4.74 Å². The van der Waals surface area contributed by atoms with Crippen LogP contribution in [0.1, 0.15) is 23.1 Å². The van der Waals surface area contributed by atoms with Crippen LogP contribution < -0.4 is 10.9 Å². The molecule has 2 N–H and O–H groups in total. The number of amides is 1. The third kappa shape index (κ3) is 3.61. The lowest BCUT2D eigenvalue weighted by Gasteiger charge is -2.12. The van der Waals surface area contributed by atoms with Crippen LogP contribution >= 0.6 is 0 Å². The number of fused-ring (bicyclic) bond motifs is 1. The Morgan fingerprint density at radius 3 is 2.52 bits per heavy atom. The minimum atomic E-state index is -1.13. The predicted molar refractivity (Wildman–Crippen MR) is 115 cm³/mol. The van der Waals surface area contributed by atoms with Crippen LogP contribution in [0.2, 0.25) is 0 Å². The SMILES string of the molecule is Cc1c(NC(=O)C(C)OC(=O)c2n[nH]c3ccccc23)c(=O)n(-c2ccccc2)n1C. The van der Waals surface area contributed by atoms with Crippen LogP contribution in [0.4, 0.5) is 5.69 Å². The average molecular weight is 419 g/mol. The van der Waals surface area contributed by atoms with Crippen molar-refractivity contribution in [3.8, 4) is 5.69 Å². The van der Waals surface area contributed by atoms with Crippen LogP contribution in [-0.4, -0.2) is 37.5 Å². The summed E-state index contributed by atoms with van der Waals surface area (Å²) in [6.07, 6.45) is -1.13. The van der Waals surface area contributed by atoms with E-state index in [1.807, 2.05) is 24.3 Å². The molecule has 4 aromatic rings. The number of aromatic amines is 1. The number of aromatic nitrogens is 4. The Morgan fingerprint density at radius 2 is 1.77 bits per heavy atom. The predicted octanol–water partition coefficient (Wildman–Crippen LogP) is 2.54. The van der Waals surface area contributed by atoms with Gasteiger partial charge in [0.05, 0.1) is 16.9 Å². The van der Waals surface area contributed by atoms with Crippen molar-refractivity contribution in [1.29, 1.82) is 0 Å². The summed E-state index contributed by atoms with van der Waals surface area (Å²) in [4.78, 5) is 38.1. The molecule has 31 heavy (non-hydrogen) atoms. The minimum Gasteiger partial charge on any atom is -0.448 e. The lowest BCUT2D eigenvalue weighted by Crippen LogP contribution is -2.32. The molecule has 4 rings (SSSR count). The van der Waals surface area contributed by atoms with E-state index in [1.165, 1.54) is 11.6 Å². The van der Waals surface area contributed by atoms with Crippen molar-refractivity contribution in [1.82, 2.24) is 19.6 Å². The number of rotatable bonds is 5. The van der Waals surface area contributed by atoms with E-state index in [9.17, 15) is 14.4 Å². The fourth-order valence-corrected chi connectivity index (χ4v) is 3.33. The first kappa shape index (κ1) is 20.1. The first-order valence-electron chi connectivity index (χ1n) is 9.67. The lowest BCUT2D eigenvalue weighted by molar-refractivity contribution is -0.123. The second-order valence-electron chi connectivity index (χ2n) is 7.09. The summed E-state index contributed by atoms with van der Waals surface area (Å²) in [7, 11) is 1.73. The topological polar surface area (TPSA) is 111 Å². The molecule has 1 atom stereocenters. The molecule has 0 spiro atoms. The fourth-order valence-electron chi connectivity index (χ4n) is 3.33. The van der Waals surface area contributed by atoms with Crippen LogP contribution in [0, 0.1) is 6.92 Å². The Balaban J connectivity index is 1.53. The maximum absolute atomic E-state index is 12.9. The zero-order chi connectivity index (χ0) is 22.1. The Kier molecular flexibility index (Phi) is 5.16. The Hall–Kier alpha value is -4.14. The van der Waals surface area contributed by atoms with Crippen LogP contribution in [-0.2, 0) is 16.6 Å². The molecule has 2 aromatic heterocycles. The van der Waals surface area contributed by atoms with Crippen molar-refractivity contribution in [2.24, 2.45) is 7.05 Å². The number of hydrogen-bond donors (Lipinski definition) is 2. The highest BCUT2D eigenvalue weighted by Crippen LogP contribution is 2.18. The number of carbonyl (C=O) groups is 2. The number of H-pyrrole nitrogens is 1. The number of ether oxygens (including phenoxy) is 1. The summed E-state index contributed by atoms with van der Waals surface area (Å²) >= 11 is 0. The van der Waals surface area contributed by atoms with Gasteiger partial charge >= 0.3 is 5.97 Å². The Bertz CT molecular complexity index is 1330. The number of hydrogen-bond acceptors (Lipinski definition) is 5. The zero-order valence-corrected chi connectivity index (χ0v) is 17.2. The standard InChI is InChI=1S/C22H21N5O4/c1-13-18(21(29)27(26(13)3)15-9-5-4-6-10-15)23-20(28)14(2)31-22(30)19-16-11-7-8-12-17(16)24-25-19/h4-12,14H,1-3H3,(H,23,28)(H,24,25). The van der Waals surface area contributed by atoms with Gasteiger partial charge in [-0.05, 0) is 32.0 Å². The minimum absolute atomic E-state index is 0.0950. The fraction of sp³-hybridized carbons (Fsp3) is 0.182. The van der Waals surface area contributed by atoms with Gasteiger partial charge < -0.3 is 10.1 Å². The molecule has 0 aliphatic heterocycles. The van der Waals surface area contributed by atoms with E-state index in [0.29, 0.717) is 22.3 Å². The van der Waals surface area contributed by atoms with Crippen LogP contribution in [0.25, 0.3) is 16.6 Å². The van der Waals surface area contributed by atoms with E-state index in [2.05, 4.69) is 15.5 Å². The molecule has 1 unspecified atom stereocenters. The number of anilines is 1. The summed E-state index contributed by atoms with van der Waals surface area (Å²) in [5.74, 6) is -1.34. The van der Waals surface area contributed by atoms with Crippen molar-refractivity contribution >= 4 is 28.5 Å². The lowest BCUT2D eigenvalue weighted by atomic mass is 10.2. The number of benzene rings is 2. The van der Waals surface area contributed by atoms with Crippen molar-refractivity contribution in [2.75, 3.05) is 5.32 Å². The second-order valence-corrected chi connectivity index (χ2v) is 7.09. The molecule has 0 saturated heterocycles. The molecule has 158 valence electrons. The van der Waals surface area contributed by atoms with Gasteiger partial charge in [0.25, 0.3) is 11.5 Å². The van der Waals surface area contributed by atoms with Gasteiger partial charge in [-0.15, -0.1) is 0 Å². The first-order chi connectivity index (χ1) is 14.9. The van der Waals surface area contributed by atoms with Crippen LogP contribution in [0.3, 0.4) is 0 Å². The summed E-state index contributed by atoms with van der Waals surface area (Å²) in [6, 6.07) is 16.2. The third-order valence-electron chi connectivity index (χ3n) is 5.12. The van der Waals surface area contributed by atoms with E-state index in [1.54, 1.807) is 49.0 Å². The molecule has 0 aliphatic carbocycles. The van der Waals surface area contributed by atoms with Crippen molar-refractivity contribution in [2.45, 2.75) is 20.0 Å². The highest BCUT2D eigenvalue weighted by molar-refractivity contribution is 6.03. The van der Waals surface area contributed by atoms with Gasteiger partial charge in [0.1, 0.15) is 5.69 Å². The molecule has 2 aromatic carbocycles. The van der Waals surface area contributed by atoms with Gasteiger partial charge in [-0.2, -0.15) is 5.10 Å². The number of nitrogens with zero attached hydrogens (tertiary/aromatic N) is 3. The monoisotopic (exact) mass is 419 g/mol. The summed E-state index contributed by atoms with van der Waals surface area (Å²) < 4.78 is 8.40. The Morgan fingerprint density at radius 1 is 1.10 bits per heavy atom. The highest BCUT2D eigenvalue weighted by atomic mass is 16.5. The molecule has 9 heteroatoms. The van der Waals surface area contributed by atoms with E-state index in [0.717, 1.165) is 0 Å². The van der Waals surface area contributed by atoms with E-state index in [-0.39, 0.29) is 16.9 Å². The van der Waals surface area contributed by atoms with E-state index >= 15 is 0 Å². The summed E-state index contributed by atoms with van der Waals surface area (Å²) in [5, 5.41) is 9.93. The van der Waals surface area contributed by atoms with Gasteiger partial charge in [-0.3, -0.25) is 19.4 Å². The first-order valence-corrected chi connectivity index (χ1v) is 9.67. The zero-order valence-electron chi connectivity index (χ0n) is 17.2. The molecule has 9 nitrogen and oxygen atoms in total. The van der Waals surface area contributed by atoms with Gasteiger partial charge in [-0.25, -0.2) is 9.48 Å². The van der Waals surface area contributed by atoms with Crippen molar-refractivity contribution in [3.63, 3.8) is 0 Å². The molecule has 0 aliphatic rings. The number of para-hydroxylation sites is 2. The molecule has 0 saturated carbocycles. The largest absolute Gasteiger partial charge is 0.448 e. The van der Waals surface area contributed by atoms with Gasteiger partial charge in [0.2, 0.25) is 0 Å². The molecule has 0 fully saturated rings. The van der Waals surface area contributed by atoms with E-state index < -0.39 is 18.0 Å². The third-order valence-corrected chi connectivity index (χ3v) is 5.12. The normalized spacial score (nSPS) is 12.0. The smallest absolute Gasteiger partial charge is 0.360 e. The number of esters is 1. The molecule has 1 amide bonds. The maximum Gasteiger partial charge on any atom is 0.360 e. The van der Waals surface area contributed by atoms with Gasteiger partial charge in [0.15, 0.2) is 11.8 Å². The highest BCUT2D eigenvalue weighted by Gasteiger charge is 2.25. The molecule has 2 heterocycles. The van der Waals surface area contributed by atoms with Crippen LogP contribution in [0.15, 0.2) is 59.4 Å². The molecular formula is C22H21N5O4. The molecular weight excluding hydrogens is 398 g/mol. The summed E-state index contributed by atoms with van der Waals surface area (Å²) in [6.45, 7) is 3.17. The number of nitrogens with one attached hydrogen (secondary N) is 2. The average Bonchev–Trinajstić information content (AvgIpc) is 3.29. The summed E-state index contributed by atoms with van der Waals surface area (Å²) in [5.41, 5.74) is 1.77. The second kappa shape index (κ2) is 7.94. The number of carbonyl (C=O) groups excluding carboxylic acids is 2. The van der Waals surface area contributed by atoms with Gasteiger partial charge in [-0.1, -0.05) is 36.4 Å². The van der Waals surface area contributed by atoms with Crippen molar-refractivity contribution < 1.29 is 14.3 Å². The van der Waals surface area contributed by atoms with Crippen molar-refractivity contribution in [3.05, 3.63) is 76.3 Å². The quantitative estimate of drug-likeness (QED) is 0.483. The Labute approximate surface area is 177 Å². The maximum atomic E-state index is 12.9. The molecule has 0 bridgehead atoms. The van der Waals surface area contributed by atoms with Gasteiger partial charge in [0, 0.05) is 12.4 Å². The molecule has 0 radical (unpaired) electrons. The van der Waals surface area contributed by atoms with Crippen LogP contribution in [0.5, 0.6) is 0 Å².